The maximum Gasteiger partial charge on any atom is 0.187 e. The smallest absolute Gasteiger partial charge is 0.187 e. The van der Waals surface area contributed by atoms with Crippen molar-refractivity contribution in [3.63, 3.8) is 0 Å². The fourth-order valence-electron chi connectivity index (χ4n) is 18.4. The van der Waals surface area contributed by atoms with Gasteiger partial charge in [-0.25, -0.2) is 0 Å². The van der Waals surface area contributed by atoms with Gasteiger partial charge in [0.2, 0.25) is 0 Å². The van der Waals surface area contributed by atoms with E-state index in [1.54, 1.807) is 18.9 Å². The zero-order chi connectivity index (χ0) is 96.3. The Morgan fingerprint density at radius 1 is 0.246 bits per heavy atom. The molecular weight excluding hydrogens is 1810 g/mol. The summed E-state index contributed by atoms with van der Waals surface area (Å²) in [6.45, 7) is 4.68. The van der Waals surface area contributed by atoms with Crippen LogP contribution in [0.25, 0.3) is 0 Å². The average molecular weight is 1940 g/mol. The van der Waals surface area contributed by atoms with Gasteiger partial charge in [-0.3, -0.25) is 0 Å². The van der Waals surface area contributed by atoms with Gasteiger partial charge in [0.15, 0.2) is 25.2 Å². The molecule has 5 fully saturated rings. The van der Waals surface area contributed by atoms with E-state index in [-0.39, 0.29) is 112 Å². The van der Waals surface area contributed by atoms with Gasteiger partial charge in [0.1, 0.15) is 109 Å². The van der Waals surface area contributed by atoms with Crippen LogP contribution in [0.15, 0.2) is 382 Å². The predicted molar refractivity (Wildman–Crippen MR) is 537 cm³/mol. The summed E-state index contributed by atoms with van der Waals surface area (Å²) in [5, 5.41) is 0. The Morgan fingerprint density at radius 2 is 0.535 bits per heavy atom. The topological polar surface area (TPSA) is 203 Å². The Labute approximate surface area is 837 Å². The van der Waals surface area contributed by atoms with Crippen LogP contribution in [0, 0.1) is 0 Å². The second-order valence-corrected chi connectivity index (χ2v) is 37.2. The van der Waals surface area contributed by atoms with Gasteiger partial charge in [-0.2, -0.15) is 0 Å². The van der Waals surface area contributed by atoms with Crippen LogP contribution in [0.5, 0.6) is 5.75 Å². The molecule has 5 saturated heterocycles. The summed E-state index contributed by atoms with van der Waals surface area (Å²) >= 11 is 1.64. The molecule has 5 aliphatic rings. The van der Waals surface area contributed by atoms with E-state index in [0.29, 0.717) is 11.5 Å². The highest BCUT2D eigenvalue weighted by atomic mass is 32.2. The third kappa shape index (κ3) is 28.9. The number of ether oxygens (including phenoxy) is 22. The fourth-order valence-corrected chi connectivity index (χ4v) is 19.4. The molecule has 0 amide bonds. The van der Waals surface area contributed by atoms with Crippen molar-refractivity contribution < 1.29 is 104 Å². The zero-order valence-electron chi connectivity index (χ0n) is 80.1. The standard InChI is InChI=1S/C119H126O22S/c1-3-142-119-114(132-76-92-54-31-12-32-55-92)110(128-72-88-46-23-8-24-47-88)105(141-118-113(131-75-91-52-29-11-30-53-91)109(127-71-87-44-21-7-22-45-87)106-102(137-118)83-134-115(139-106)97-60-35-14-36-61-97)101(138-119)82-123-69-95-58-37-59-96(66-95)79-124-103-99(80-121-67-84-38-15-4-16-39-84)136-117(112(130-74-90-50-27-10-28-51-90)107(103)125-77-94-62-64-98(120-2)65-63-94)140-104-100(81-122-68-85-40-17-5-18-41-85)135-116(133-78-93-56-33-13-34-57-93)111(129-73-89-48-25-9-26-49-89)108(104)126-70-86-42-19-6-20-43-86/h4-66,99-119H,3,67-83H2,1-2H3/t99-,100-,101-,102-,103+,104-,105-,106-,107+,108+,109+,110+,111-,112-,113-,114-,115-,116-,117+,118-,119+/m1/s1. The van der Waals surface area contributed by atoms with Crippen LogP contribution in [0.1, 0.15) is 91.1 Å². The van der Waals surface area contributed by atoms with Gasteiger partial charge in [-0.15, -0.1) is 11.8 Å². The molecule has 0 aromatic heterocycles. The molecular formula is C119H126O22S. The molecule has 0 aliphatic carbocycles. The molecule has 0 bridgehead atoms. The van der Waals surface area contributed by atoms with Crippen molar-refractivity contribution in [1.82, 2.24) is 0 Å². The Morgan fingerprint density at radius 3 is 0.951 bits per heavy atom. The van der Waals surface area contributed by atoms with Crippen LogP contribution in [0.4, 0.5) is 0 Å². The lowest BCUT2D eigenvalue weighted by Crippen LogP contribution is -2.66. The largest absolute Gasteiger partial charge is 0.497 e. The molecule has 0 saturated carbocycles. The van der Waals surface area contributed by atoms with Crippen molar-refractivity contribution in [2.75, 3.05) is 39.3 Å². The normalized spacial score (nSPS) is 25.5. The molecule has 5 heterocycles. The highest BCUT2D eigenvalue weighted by Crippen LogP contribution is 2.44. The van der Waals surface area contributed by atoms with E-state index in [9.17, 15) is 0 Å². The van der Waals surface area contributed by atoms with Crippen LogP contribution in [0.3, 0.4) is 0 Å². The number of rotatable bonds is 50. The zero-order valence-corrected chi connectivity index (χ0v) is 80.9. The molecule has 18 rings (SSSR count). The molecule has 142 heavy (non-hydrogen) atoms. The van der Waals surface area contributed by atoms with E-state index in [1.807, 2.05) is 352 Å². The minimum Gasteiger partial charge on any atom is -0.497 e. The van der Waals surface area contributed by atoms with Crippen LogP contribution in [0.2, 0.25) is 0 Å². The van der Waals surface area contributed by atoms with Crippen molar-refractivity contribution >= 4 is 11.8 Å². The van der Waals surface area contributed by atoms with Crippen molar-refractivity contribution in [3.8, 4) is 5.75 Å². The Kier molecular flexibility index (Phi) is 38.3. The molecule has 23 heteroatoms. The summed E-state index contributed by atoms with van der Waals surface area (Å²) in [5.74, 6) is 1.38. The Balaban J connectivity index is 0.679. The summed E-state index contributed by atoms with van der Waals surface area (Å²) in [4.78, 5) is 0. The maximum atomic E-state index is 7.89. The molecule has 0 radical (unpaired) electrons. The minimum absolute atomic E-state index is 0.0115. The lowest BCUT2D eigenvalue weighted by Gasteiger charge is -2.51. The van der Waals surface area contributed by atoms with E-state index in [1.165, 1.54) is 0 Å². The maximum absolute atomic E-state index is 7.89. The van der Waals surface area contributed by atoms with Gasteiger partial charge in [0, 0.05) is 5.56 Å². The van der Waals surface area contributed by atoms with Gasteiger partial charge in [-0.05, 0) is 90.2 Å². The molecule has 0 spiro atoms. The summed E-state index contributed by atoms with van der Waals surface area (Å²) in [5.41, 5.74) is 12.3. The summed E-state index contributed by atoms with van der Waals surface area (Å²) in [6.07, 6.45) is -18.1. The monoisotopic (exact) mass is 1940 g/mol. The number of hydrogen-bond donors (Lipinski definition) is 0. The first-order valence-corrected chi connectivity index (χ1v) is 50.2. The first-order chi connectivity index (χ1) is 70.3. The molecule has 13 aromatic carbocycles. The number of hydrogen-bond acceptors (Lipinski definition) is 23. The second kappa shape index (κ2) is 53.7. The van der Waals surface area contributed by atoms with Crippen molar-refractivity contribution in [3.05, 3.63) is 460 Å². The molecule has 22 nitrogen and oxygen atoms in total. The van der Waals surface area contributed by atoms with Gasteiger partial charge in [0.05, 0.1) is 119 Å². The first-order valence-electron chi connectivity index (χ1n) is 49.2. The van der Waals surface area contributed by atoms with Crippen LogP contribution >= 0.6 is 11.8 Å². The summed E-state index contributed by atoms with van der Waals surface area (Å²) in [6, 6.07) is 127. The Hall–Kier alpha value is -10.8. The molecule has 5 aliphatic heterocycles. The molecule has 0 N–H and O–H groups in total. The van der Waals surface area contributed by atoms with Gasteiger partial charge >= 0.3 is 0 Å². The number of methoxy groups -OCH3 is 1. The third-order valence-electron chi connectivity index (χ3n) is 25.7. The molecule has 13 aromatic rings. The first kappa shape index (κ1) is 101. The average Bonchev–Trinajstić information content (AvgIpc) is 0.778. The Bertz CT molecular complexity index is 5720. The molecule has 0 unspecified atom stereocenters. The van der Waals surface area contributed by atoms with Gasteiger partial charge in [0.25, 0.3) is 0 Å². The fraction of sp³-hybridized carbons (Fsp3) is 0.345. The highest BCUT2D eigenvalue weighted by molar-refractivity contribution is 7.99. The van der Waals surface area contributed by atoms with E-state index < -0.39 is 128 Å². The van der Waals surface area contributed by atoms with Crippen LogP contribution < -0.4 is 4.74 Å². The predicted octanol–water partition coefficient (Wildman–Crippen LogP) is 21.0. The molecule has 740 valence electrons. The number of fused-ring (bicyclic) bond motifs is 1. The van der Waals surface area contributed by atoms with Crippen molar-refractivity contribution in [2.45, 2.75) is 221 Å². The van der Waals surface area contributed by atoms with Crippen LogP contribution in [-0.4, -0.2) is 161 Å². The lowest BCUT2D eigenvalue weighted by atomic mass is 9.95. The lowest BCUT2D eigenvalue weighted by molar-refractivity contribution is -0.389. The van der Waals surface area contributed by atoms with E-state index in [4.69, 9.17) is 104 Å². The third-order valence-corrected chi connectivity index (χ3v) is 26.7. The van der Waals surface area contributed by atoms with Crippen LogP contribution in [-0.2, 0) is 185 Å². The summed E-state index contributed by atoms with van der Waals surface area (Å²) in [7, 11) is 1.65. The number of benzene rings is 13. The molecule has 21 atom stereocenters. The second-order valence-electron chi connectivity index (χ2n) is 35.9. The quantitative estimate of drug-likeness (QED) is 0.0348. The van der Waals surface area contributed by atoms with Crippen molar-refractivity contribution in [1.29, 1.82) is 0 Å². The highest BCUT2D eigenvalue weighted by Gasteiger charge is 2.58. The van der Waals surface area contributed by atoms with E-state index >= 15 is 0 Å². The minimum atomic E-state index is -1.27. The van der Waals surface area contributed by atoms with E-state index in [0.717, 1.165) is 77.9 Å². The van der Waals surface area contributed by atoms with Gasteiger partial charge in [-0.1, -0.05) is 377 Å². The summed E-state index contributed by atoms with van der Waals surface area (Å²) < 4.78 is 159. The number of thioether (sulfide) groups is 1. The SMILES string of the molecule is CCS[C@@H]1O[C@H](COCc2cccc(CO[C@@H]3[C@H](OCc4ccc(OC)cc4)[C@@H](OCc4ccccc4)[C@H](O[C@H]4[C@H](OCc5ccccc5)[C@@H](OCc5ccccc5)[C@H](OCc5ccccc5)O[C@@H]4COCc4ccccc4)O[C@@H]3COCc3ccccc3)c2)[C@@H](O[C@H]2O[C@@H]3CO[C@@H](c4ccccc4)O[C@H]3[C@H](OCc3ccccc3)[C@H]2OCc2ccccc2)[C@H](OCc2ccccc2)[C@H]1OCc1ccccc1. The van der Waals surface area contributed by atoms with Gasteiger partial charge < -0.3 is 104 Å². The van der Waals surface area contributed by atoms with Crippen molar-refractivity contribution in [2.24, 2.45) is 0 Å². The van der Waals surface area contributed by atoms with E-state index in [2.05, 4.69) is 37.3 Å².